The van der Waals surface area contributed by atoms with Crippen molar-refractivity contribution in [2.45, 2.75) is 69.1 Å². The molecule has 0 saturated carbocycles. The number of aliphatic carboxylic acids is 1. The van der Waals surface area contributed by atoms with E-state index in [1.807, 2.05) is 18.7 Å². The number of nitrogens with zero attached hydrogens (tertiary/aromatic N) is 1. The van der Waals surface area contributed by atoms with Gasteiger partial charge >= 0.3 is 5.97 Å². The minimum atomic E-state index is -0.676. The molecule has 0 bridgehead atoms. The molecule has 1 spiro atoms. The van der Waals surface area contributed by atoms with E-state index < -0.39 is 11.5 Å². The largest absolute Gasteiger partial charge is 0.480 e. The first-order valence-electron chi connectivity index (χ1n) is 8.28. The Balaban J connectivity index is 1.76. The van der Waals surface area contributed by atoms with Crippen LogP contribution in [0.2, 0.25) is 0 Å². The zero-order chi connectivity index (χ0) is 14.9. The second-order valence-corrected chi connectivity index (χ2v) is 8.24. The molecule has 2 atom stereocenters. The fourth-order valence-corrected chi connectivity index (χ4v) is 5.55. The molecule has 0 amide bonds. The van der Waals surface area contributed by atoms with Gasteiger partial charge in [0, 0.05) is 12.6 Å². The molecule has 0 aromatic carbocycles. The molecule has 3 fully saturated rings. The molecule has 21 heavy (non-hydrogen) atoms. The number of hydrogen-bond donors (Lipinski definition) is 1. The van der Waals surface area contributed by atoms with Crippen molar-refractivity contribution in [3.8, 4) is 0 Å². The third-order valence-corrected chi connectivity index (χ3v) is 6.70. The van der Waals surface area contributed by atoms with Crippen LogP contribution < -0.4 is 0 Å². The Morgan fingerprint density at radius 3 is 2.76 bits per heavy atom. The fraction of sp³-hybridized carbons (Fsp3) is 0.938. The Morgan fingerprint density at radius 1 is 1.29 bits per heavy atom. The van der Waals surface area contributed by atoms with Crippen LogP contribution in [0.3, 0.4) is 0 Å². The predicted octanol–water partition coefficient (Wildman–Crippen LogP) is 2.76. The molecule has 0 aromatic heterocycles. The molecular weight excluding hydrogens is 286 g/mol. The Morgan fingerprint density at radius 2 is 2.05 bits per heavy atom. The van der Waals surface area contributed by atoms with Crippen molar-refractivity contribution >= 4 is 17.7 Å². The second-order valence-electron chi connectivity index (χ2n) is 7.02. The van der Waals surface area contributed by atoms with E-state index >= 15 is 0 Å². The molecule has 3 heterocycles. The van der Waals surface area contributed by atoms with Crippen LogP contribution in [0.1, 0.15) is 51.9 Å². The molecule has 4 nitrogen and oxygen atoms in total. The van der Waals surface area contributed by atoms with Gasteiger partial charge in [0.15, 0.2) is 0 Å². The van der Waals surface area contributed by atoms with Crippen molar-refractivity contribution in [3.05, 3.63) is 0 Å². The van der Waals surface area contributed by atoms with Crippen molar-refractivity contribution in [2.24, 2.45) is 0 Å². The standard InChI is InChI=1S/C16H27NO3S/c1-15(14(18)19)5-2-3-8-17(15)13-4-9-20-16(12-13)6-10-21-11-7-16/h13H,2-12H2,1H3,(H,18,19). The van der Waals surface area contributed by atoms with E-state index in [0.29, 0.717) is 6.04 Å². The maximum Gasteiger partial charge on any atom is 0.323 e. The Bertz CT molecular complexity index is 391. The highest BCUT2D eigenvalue weighted by Crippen LogP contribution is 2.41. The quantitative estimate of drug-likeness (QED) is 0.849. The number of thioether (sulfide) groups is 1. The van der Waals surface area contributed by atoms with Crippen molar-refractivity contribution in [1.29, 1.82) is 0 Å². The number of carbonyl (C=O) groups is 1. The smallest absolute Gasteiger partial charge is 0.323 e. The van der Waals surface area contributed by atoms with Crippen LogP contribution in [0.25, 0.3) is 0 Å². The van der Waals surface area contributed by atoms with Gasteiger partial charge in [-0.3, -0.25) is 9.69 Å². The lowest BCUT2D eigenvalue weighted by Crippen LogP contribution is -2.62. The van der Waals surface area contributed by atoms with E-state index in [4.69, 9.17) is 4.74 Å². The monoisotopic (exact) mass is 313 g/mol. The molecule has 3 saturated heterocycles. The van der Waals surface area contributed by atoms with E-state index in [2.05, 4.69) is 4.90 Å². The lowest BCUT2D eigenvalue weighted by Gasteiger charge is -2.51. The molecule has 3 rings (SSSR count). The van der Waals surface area contributed by atoms with Gasteiger partial charge in [0.05, 0.1) is 5.60 Å². The molecule has 0 radical (unpaired) electrons. The lowest BCUT2D eigenvalue weighted by atomic mass is 9.80. The van der Waals surface area contributed by atoms with Crippen LogP contribution in [0.5, 0.6) is 0 Å². The van der Waals surface area contributed by atoms with Gasteiger partial charge in [-0.2, -0.15) is 11.8 Å². The van der Waals surface area contributed by atoms with Gasteiger partial charge in [0.1, 0.15) is 5.54 Å². The number of ether oxygens (including phenoxy) is 1. The Kier molecular flexibility index (Phi) is 4.53. The highest BCUT2D eigenvalue weighted by molar-refractivity contribution is 7.99. The molecule has 1 N–H and O–H groups in total. The normalized spacial score (nSPS) is 37.5. The van der Waals surface area contributed by atoms with Crippen molar-refractivity contribution < 1.29 is 14.6 Å². The maximum absolute atomic E-state index is 11.8. The maximum atomic E-state index is 11.8. The average Bonchev–Trinajstić information content (AvgIpc) is 2.48. The number of carboxylic acids is 1. The number of likely N-dealkylation sites (tertiary alicyclic amines) is 1. The number of rotatable bonds is 2. The molecular formula is C16H27NO3S. The van der Waals surface area contributed by atoms with Gasteiger partial charge in [-0.1, -0.05) is 0 Å². The summed E-state index contributed by atoms with van der Waals surface area (Å²) in [5.41, 5.74) is -0.643. The third-order valence-electron chi connectivity index (χ3n) is 5.72. The van der Waals surface area contributed by atoms with Crippen LogP contribution in [-0.2, 0) is 9.53 Å². The van der Waals surface area contributed by atoms with Gasteiger partial charge in [0.2, 0.25) is 0 Å². The van der Waals surface area contributed by atoms with Crippen molar-refractivity contribution in [3.63, 3.8) is 0 Å². The minimum absolute atomic E-state index is 0.0328. The van der Waals surface area contributed by atoms with Gasteiger partial charge in [-0.05, 0) is 69.9 Å². The number of piperidine rings is 1. The van der Waals surface area contributed by atoms with Crippen LogP contribution in [0.15, 0.2) is 0 Å². The van der Waals surface area contributed by atoms with Gasteiger partial charge in [-0.15, -0.1) is 0 Å². The Labute approximate surface area is 131 Å². The topological polar surface area (TPSA) is 49.8 Å². The van der Waals surface area contributed by atoms with Crippen LogP contribution in [0.4, 0.5) is 0 Å². The summed E-state index contributed by atoms with van der Waals surface area (Å²) in [6.07, 6.45) is 7.21. The summed E-state index contributed by atoms with van der Waals surface area (Å²) in [5, 5.41) is 9.72. The molecule has 0 aliphatic carbocycles. The molecule has 3 aliphatic heterocycles. The van der Waals surface area contributed by atoms with Crippen molar-refractivity contribution in [1.82, 2.24) is 4.90 Å². The zero-order valence-corrected chi connectivity index (χ0v) is 13.8. The molecule has 3 aliphatic rings. The van der Waals surface area contributed by atoms with Gasteiger partial charge < -0.3 is 9.84 Å². The first-order chi connectivity index (χ1) is 10.1. The highest BCUT2D eigenvalue weighted by Gasteiger charge is 2.48. The summed E-state index contributed by atoms with van der Waals surface area (Å²) < 4.78 is 6.17. The summed E-state index contributed by atoms with van der Waals surface area (Å²) in [4.78, 5) is 14.1. The highest BCUT2D eigenvalue weighted by atomic mass is 32.2. The van der Waals surface area contributed by atoms with E-state index in [1.54, 1.807) is 0 Å². The average molecular weight is 313 g/mol. The first kappa shape index (κ1) is 15.6. The summed E-state index contributed by atoms with van der Waals surface area (Å²) in [5.74, 6) is 1.72. The number of carboxylic acid groups (broad SMARTS) is 1. The predicted molar refractivity (Wildman–Crippen MR) is 84.9 cm³/mol. The van der Waals surface area contributed by atoms with E-state index in [0.717, 1.165) is 58.1 Å². The van der Waals surface area contributed by atoms with Gasteiger partial charge in [0.25, 0.3) is 0 Å². The lowest BCUT2D eigenvalue weighted by molar-refractivity contribution is -0.164. The SMILES string of the molecule is CC1(C(=O)O)CCCCN1C1CCOC2(CCSCC2)C1. The molecule has 120 valence electrons. The second kappa shape index (κ2) is 6.09. The Hall–Kier alpha value is -0.260. The summed E-state index contributed by atoms with van der Waals surface area (Å²) in [7, 11) is 0. The first-order valence-corrected chi connectivity index (χ1v) is 9.43. The summed E-state index contributed by atoms with van der Waals surface area (Å²) in [6.45, 7) is 3.65. The van der Waals surface area contributed by atoms with E-state index in [-0.39, 0.29) is 5.60 Å². The van der Waals surface area contributed by atoms with Crippen molar-refractivity contribution in [2.75, 3.05) is 24.7 Å². The molecule has 2 unspecified atom stereocenters. The van der Waals surface area contributed by atoms with E-state index in [9.17, 15) is 9.90 Å². The third kappa shape index (κ3) is 2.97. The summed E-state index contributed by atoms with van der Waals surface area (Å²) >= 11 is 2.02. The van der Waals surface area contributed by atoms with Crippen LogP contribution in [0, 0.1) is 0 Å². The summed E-state index contributed by atoms with van der Waals surface area (Å²) in [6, 6.07) is 0.378. The van der Waals surface area contributed by atoms with Crippen LogP contribution in [-0.4, -0.2) is 57.8 Å². The zero-order valence-electron chi connectivity index (χ0n) is 13.0. The van der Waals surface area contributed by atoms with E-state index in [1.165, 1.54) is 11.5 Å². The fourth-order valence-electron chi connectivity index (χ4n) is 4.32. The minimum Gasteiger partial charge on any atom is -0.480 e. The molecule has 5 heteroatoms. The number of hydrogen-bond acceptors (Lipinski definition) is 4. The molecule has 0 aromatic rings. The van der Waals surface area contributed by atoms with Crippen LogP contribution >= 0.6 is 11.8 Å². The van der Waals surface area contributed by atoms with Gasteiger partial charge in [-0.25, -0.2) is 0 Å².